The first-order chi connectivity index (χ1) is 8.56. The van der Waals surface area contributed by atoms with Gasteiger partial charge in [-0.2, -0.15) is 5.26 Å². The van der Waals surface area contributed by atoms with E-state index in [1.807, 2.05) is 0 Å². The third-order valence-corrected chi connectivity index (χ3v) is 4.33. The van der Waals surface area contributed by atoms with Crippen LogP contribution < -0.4 is 5.32 Å². The molecule has 2 nitrogen and oxygen atoms in total. The molecular weight excluding hydrogens is 220 g/mol. The average Bonchev–Trinajstić information content (AvgIpc) is 2.55. The molecule has 2 heteroatoms. The molecule has 0 aromatic rings. The quantitative estimate of drug-likeness (QED) is 0.745. The molecule has 1 saturated carbocycles. The number of hydrogen-bond acceptors (Lipinski definition) is 2. The largest absolute Gasteiger partial charge is 0.299 e. The summed E-state index contributed by atoms with van der Waals surface area (Å²) in [5, 5.41) is 13.1. The SMILES string of the molecule is CC(C)C(C(C)C)C(C#N)NC1CCCCCC1. The van der Waals surface area contributed by atoms with Crippen LogP contribution in [0.2, 0.25) is 0 Å². The number of rotatable bonds is 5. The van der Waals surface area contributed by atoms with Gasteiger partial charge in [-0.3, -0.25) is 5.32 Å². The van der Waals surface area contributed by atoms with Crippen molar-refractivity contribution in [3.8, 4) is 6.07 Å². The molecule has 1 aliphatic rings. The Kier molecular flexibility index (Phi) is 6.71. The van der Waals surface area contributed by atoms with Crippen molar-refractivity contribution < 1.29 is 0 Å². The van der Waals surface area contributed by atoms with Crippen molar-refractivity contribution in [3.63, 3.8) is 0 Å². The van der Waals surface area contributed by atoms with Crippen LogP contribution in [-0.4, -0.2) is 12.1 Å². The second kappa shape index (κ2) is 7.79. The Morgan fingerprint density at radius 1 is 0.944 bits per heavy atom. The van der Waals surface area contributed by atoms with Crippen LogP contribution in [-0.2, 0) is 0 Å². The highest BCUT2D eigenvalue weighted by molar-refractivity contribution is 4.98. The first kappa shape index (κ1) is 15.5. The first-order valence-corrected chi connectivity index (χ1v) is 7.72. The number of nitrogens with zero attached hydrogens (tertiary/aromatic N) is 1. The van der Waals surface area contributed by atoms with Gasteiger partial charge in [0.05, 0.1) is 12.1 Å². The standard InChI is InChI=1S/C16H30N2/c1-12(2)16(13(3)4)15(11-17)18-14-9-7-5-6-8-10-14/h12-16,18H,5-10H2,1-4H3. The second-order valence-corrected chi connectivity index (χ2v) is 6.53. The van der Waals surface area contributed by atoms with Crippen LogP contribution in [0.5, 0.6) is 0 Å². The Bertz CT molecular complexity index is 249. The molecule has 0 saturated heterocycles. The summed E-state index contributed by atoms with van der Waals surface area (Å²) in [4.78, 5) is 0. The first-order valence-electron chi connectivity index (χ1n) is 7.72. The maximum atomic E-state index is 9.48. The summed E-state index contributed by atoms with van der Waals surface area (Å²) in [6.07, 6.45) is 7.89. The highest BCUT2D eigenvalue weighted by Gasteiger charge is 2.29. The van der Waals surface area contributed by atoms with Gasteiger partial charge in [-0.1, -0.05) is 53.4 Å². The van der Waals surface area contributed by atoms with E-state index in [2.05, 4.69) is 39.1 Å². The Balaban J connectivity index is 2.61. The molecule has 0 aliphatic heterocycles. The van der Waals surface area contributed by atoms with Crippen molar-refractivity contribution in [1.29, 1.82) is 5.26 Å². The van der Waals surface area contributed by atoms with E-state index in [4.69, 9.17) is 0 Å². The predicted molar refractivity (Wildman–Crippen MR) is 77.2 cm³/mol. The van der Waals surface area contributed by atoms with E-state index in [1.165, 1.54) is 38.5 Å². The summed E-state index contributed by atoms with van der Waals surface area (Å²) in [5.41, 5.74) is 0. The minimum Gasteiger partial charge on any atom is -0.299 e. The van der Waals surface area contributed by atoms with Crippen molar-refractivity contribution in [2.45, 2.75) is 78.3 Å². The minimum absolute atomic E-state index is 0.0214. The van der Waals surface area contributed by atoms with Gasteiger partial charge in [0.25, 0.3) is 0 Å². The van der Waals surface area contributed by atoms with Crippen LogP contribution >= 0.6 is 0 Å². The van der Waals surface area contributed by atoms with Crippen LogP contribution in [0, 0.1) is 29.1 Å². The van der Waals surface area contributed by atoms with Crippen LogP contribution in [0.3, 0.4) is 0 Å². The molecule has 0 radical (unpaired) electrons. The molecule has 0 bridgehead atoms. The molecule has 0 spiro atoms. The van der Waals surface area contributed by atoms with Crippen molar-refractivity contribution in [3.05, 3.63) is 0 Å². The molecular formula is C16H30N2. The number of nitriles is 1. The van der Waals surface area contributed by atoms with Crippen LogP contribution in [0.25, 0.3) is 0 Å². The van der Waals surface area contributed by atoms with Crippen LogP contribution in [0.4, 0.5) is 0 Å². The fraction of sp³-hybridized carbons (Fsp3) is 0.938. The summed E-state index contributed by atoms with van der Waals surface area (Å²) in [6.45, 7) is 8.96. The molecule has 1 aliphatic carbocycles. The summed E-state index contributed by atoms with van der Waals surface area (Å²) >= 11 is 0. The monoisotopic (exact) mass is 250 g/mol. The van der Waals surface area contributed by atoms with Gasteiger partial charge in [0, 0.05) is 6.04 Å². The fourth-order valence-corrected chi connectivity index (χ4v) is 3.47. The summed E-state index contributed by atoms with van der Waals surface area (Å²) < 4.78 is 0. The molecule has 1 atom stereocenters. The van der Waals surface area contributed by atoms with Gasteiger partial charge < -0.3 is 0 Å². The van der Waals surface area contributed by atoms with Gasteiger partial charge in [-0.05, 0) is 30.6 Å². The normalized spacial score (nSPS) is 20.1. The van der Waals surface area contributed by atoms with E-state index in [1.54, 1.807) is 0 Å². The molecule has 1 unspecified atom stereocenters. The molecule has 0 heterocycles. The number of nitrogens with one attached hydrogen (secondary N) is 1. The number of hydrogen-bond donors (Lipinski definition) is 1. The van der Waals surface area contributed by atoms with E-state index in [0.717, 1.165) is 0 Å². The lowest BCUT2D eigenvalue weighted by molar-refractivity contribution is 0.223. The average molecular weight is 250 g/mol. The van der Waals surface area contributed by atoms with Crippen molar-refractivity contribution >= 4 is 0 Å². The molecule has 1 rings (SSSR count). The lowest BCUT2D eigenvalue weighted by atomic mass is 9.80. The Hall–Kier alpha value is -0.550. The van der Waals surface area contributed by atoms with E-state index in [0.29, 0.717) is 23.8 Å². The Labute approximate surface area is 113 Å². The minimum atomic E-state index is 0.0214. The molecule has 0 amide bonds. The van der Waals surface area contributed by atoms with Gasteiger partial charge in [-0.15, -0.1) is 0 Å². The van der Waals surface area contributed by atoms with Crippen molar-refractivity contribution in [2.24, 2.45) is 17.8 Å². The zero-order valence-electron chi connectivity index (χ0n) is 12.6. The summed E-state index contributed by atoms with van der Waals surface area (Å²) in [5.74, 6) is 1.58. The maximum absolute atomic E-state index is 9.48. The highest BCUT2D eigenvalue weighted by Crippen LogP contribution is 2.26. The van der Waals surface area contributed by atoms with Crippen molar-refractivity contribution in [2.75, 3.05) is 0 Å². The summed E-state index contributed by atoms with van der Waals surface area (Å²) in [7, 11) is 0. The molecule has 18 heavy (non-hydrogen) atoms. The third kappa shape index (κ3) is 4.61. The lowest BCUT2D eigenvalue weighted by Crippen LogP contribution is -2.45. The molecule has 0 aromatic heterocycles. The summed E-state index contributed by atoms with van der Waals surface area (Å²) in [6, 6.07) is 3.11. The molecule has 1 N–H and O–H groups in total. The molecule has 104 valence electrons. The van der Waals surface area contributed by atoms with E-state index >= 15 is 0 Å². The molecule has 0 aromatic carbocycles. The van der Waals surface area contributed by atoms with E-state index in [9.17, 15) is 5.26 Å². The predicted octanol–water partition coefficient (Wildman–Crippen LogP) is 4.12. The van der Waals surface area contributed by atoms with Gasteiger partial charge in [0.2, 0.25) is 0 Å². The lowest BCUT2D eigenvalue weighted by Gasteiger charge is -2.32. The zero-order chi connectivity index (χ0) is 13.5. The van der Waals surface area contributed by atoms with Crippen LogP contribution in [0.1, 0.15) is 66.2 Å². The van der Waals surface area contributed by atoms with Gasteiger partial charge >= 0.3 is 0 Å². The van der Waals surface area contributed by atoms with Gasteiger partial charge in [-0.25, -0.2) is 0 Å². The molecule has 1 fully saturated rings. The highest BCUT2D eigenvalue weighted by atomic mass is 15.0. The Morgan fingerprint density at radius 2 is 1.44 bits per heavy atom. The van der Waals surface area contributed by atoms with Gasteiger partial charge in [0.1, 0.15) is 0 Å². The van der Waals surface area contributed by atoms with Crippen molar-refractivity contribution in [1.82, 2.24) is 5.32 Å². The smallest absolute Gasteiger partial charge is 0.0988 e. The topological polar surface area (TPSA) is 35.8 Å². The fourth-order valence-electron chi connectivity index (χ4n) is 3.47. The van der Waals surface area contributed by atoms with Gasteiger partial charge in [0.15, 0.2) is 0 Å². The third-order valence-electron chi connectivity index (χ3n) is 4.33. The van der Waals surface area contributed by atoms with E-state index in [-0.39, 0.29) is 6.04 Å². The Morgan fingerprint density at radius 3 is 1.83 bits per heavy atom. The van der Waals surface area contributed by atoms with Crippen LogP contribution in [0.15, 0.2) is 0 Å². The second-order valence-electron chi connectivity index (χ2n) is 6.53. The maximum Gasteiger partial charge on any atom is 0.0988 e. The zero-order valence-corrected chi connectivity index (χ0v) is 12.6. The van der Waals surface area contributed by atoms with E-state index < -0.39 is 0 Å².